The topological polar surface area (TPSA) is 54.5 Å². The fourth-order valence-corrected chi connectivity index (χ4v) is 2.02. The van der Waals surface area contributed by atoms with Crippen molar-refractivity contribution in [3.8, 4) is 22.5 Å². The first-order valence-corrected chi connectivity index (χ1v) is 5.77. The SMILES string of the molecule is Clc1ccccc1-c1ncncc1-c1cnc[nH]1. The second kappa shape index (κ2) is 4.58. The monoisotopic (exact) mass is 256 g/mol. The van der Waals surface area contributed by atoms with E-state index in [0.717, 1.165) is 22.5 Å². The molecule has 1 N–H and O–H groups in total. The van der Waals surface area contributed by atoms with E-state index in [9.17, 15) is 0 Å². The molecule has 3 aromatic rings. The highest BCUT2D eigenvalue weighted by atomic mass is 35.5. The molecule has 0 bridgehead atoms. The van der Waals surface area contributed by atoms with Gasteiger partial charge in [0.1, 0.15) is 6.33 Å². The predicted molar refractivity (Wildman–Crippen MR) is 70.1 cm³/mol. The van der Waals surface area contributed by atoms with E-state index in [-0.39, 0.29) is 0 Å². The predicted octanol–water partition coefficient (Wildman–Crippen LogP) is 3.19. The molecule has 88 valence electrons. The summed E-state index contributed by atoms with van der Waals surface area (Å²) < 4.78 is 0. The van der Waals surface area contributed by atoms with Crippen LogP contribution in [0.25, 0.3) is 22.5 Å². The Balaban J connectivity index is 2.22. The first kappa shape index (κ1) is 10.9. The molecule has 4 nitrogen and oxygen atoms in total. The standard InChI is InChI=1S/C13H9ClN4/c14-11-4-2-1-3-9(11)13-10(5-15-8-18-13)12-6-16-7-17-12/h1-8H,(H,16,17). The Labute approximate surface area is 109 Å². The molecule has 0 spiro atoms. The Morgan fingerprint density at radius 2 is 1.89 bits per heavy atom. The highest BCUT2D eigenvalue weighted by Crippen LogP contribution is 2.32. The van der Waals surface area contributed by atoms with Crippen LogP contribution in [0.2, 0.25) is 5.02 Å². The van der Waals surface area contributed by atoms with Crippen LogP contribution >= 0.6 is 11.6 Å². The van der Waals surface area contributed by atoms with Crippen molar-refractivity contribution in [3.05, 3.63) is 54.3 Å². The molecule has 2 heterocycles. The van der Waals surface area contributed by atoms with Crippen LogP contribution in [0.4, 0.5) is 0 Å². The number of H-pyrrole nitrogens is 1. The second-order valence-electron chi connectivity index (χ2n) is 3.73. The molecule has 0 aliphatic heterocycles. The lowest BCUT2D eigenvalue weighted by molar-refractivity contribution is 1.17. The summed E-state index contributed by atoms with van der Waals surface area (Å²) in [6.45, 7) is 0. The van der Waals surface area contributed by atoms with Crippen molar-refractivity contribution in [2.45, 2.75) is 0 Å². The van der Waals surface area contributed by atoms with Gasteiger partial charge in [0.05, 0.1) is 23.9 Å². The number of benzene rings is 1. The normalized spacial score (nSPS) is 10.5. The maximum Gasteiger partial charge on any atom is 0.116 e. The van der Waals surface area contributed by atoms with Crippen LogP contribution < -0.4 is 0 Å². The van der Waals surface area contributed by atoms with Gasteiger partial charge < -0.3 is 4.98 Å². The van der Waals surface area contributed by atoms with Crippen molar-refractivity contribution in [1.29, 1.82) is 0 Å². The number of halogens is 1. The van der Waals surface area contributed by atoms with Crippen LogP contribution in [-0.2, 0) is 0 Å². The van der Waals surface area contributed by atoms with Crippen LogP contribution in [-0.4, -0.2) is 19.9 Å². The number of hydrogen-bond donors (Lipinski definition) is 1. The quantitative estimate of drug-likeness (QED) is 0.766. The Morgan fingerprint density at radius 3 is 2.67 bits per heavy atom. The van der Waals surface area contributed by atoms with Gasteiger partial charge in [-0.1, -0.05) is 29.8 Å². The van der Waals surface area contributed by atoms with Crippen molar-refractivity contribution in [2.24, 2.45) is 0 Å². The molecule has 2 aromatic heterocycles. The largest absolute Gasteiger partial charge is 0.345 e. The molecule has 0 unspecified atom stereocenters. The summed E-state index contributed by atoms with van der Waals surface area (Å²) in [5.41, 5.74) is 3.42. The lowest BCUT2D eigenvalue weighted by Crippen LogP contribution is -1.91. The minimum Gasteiger partial charge on any atom is -0.345 e. The van der Waals surface area contributed by atoms with Gasteiger partial charge in [-0.2, -0.15) is 0 Å². The van der Waals surface area contributed by atoms with Crippen molar-refractivity contribution < 1.29 is 0 Å². The van der Waals surface area contributed by atoms with E-state index in [1.807, 2.05) is 24.3 Å². The first-order chi connectivity index (χ1) is 8.86. The van der Waals surface area contributed by atoms with Gasteiger partial charge in [0.2, 0.25) is 0 Å². The summed E-state index contributed by atoms with van der Waals surface area (Å²) in [5, 5.41) is 0.664. The first-order valence-electron chi connectivity index (χ1n) is 5.40. The highest BCUT2D eigenvalue weighted by Gasteiger charge is 2.12. The molecule has 5 heteroatoms. The summed E-state index contributed by atoms with van der Waals surface area (Å²) in [5.74, 6) is 0. The second-order valence-corrected chi connectivity index (χ2v) is 4.14. The van der Waals surface area contributed by atoms with Crippen molar-refractivity contribution in [3.63, 3.8) is 0 Å². The van der Waals surface area contributed by atoms with Gasteiger partial charge >= 0.3 is 0 Å². The minimum absolute atomic E-state index is 0.664. The van der Waals surface area contributed by atoms with E-state index in [2.05, 4.69) is 19.9 Å². The Bertz CT molecular complexity index is 664. The highest BCUT2D eigenvalue weighted by molar-refractivity contribution is 6.33. The lowest BCUT2D eigenvalue weighted by Gasteiger charge is -2.07. The average molecular weight is 257 g/mol. The van der Waals surface area contributed by atoms with Crippen LogP contribution in [0, 0.1) is 0 Å². The molecule has 0 saturated heterocycles. The zero-order valence-electron chi connectivity index (χ0n) is 9.34. The van der Waals surface area contributed by atoms with Gasteiger partial charge in [-0.05, 0) is 6.07 Å². The molecule has 1 aromatic carbocycles. The molecule has 0 atom stereocenters. The molecule has 0 radical (unpaired) electrons. The molecule has 0 aliphatic rings. The van der Waals surface area contributed by atoms with E-state index in [1.54, 1.807) is 18.7 Å². The van der Waals surface area contributed by atoms with Crippen LogP contribution in [0.15, 0.2) is 49.3 Å². The zero-order valence-corrected chi connectivity index (χ0v) is 10.1. The summed E-state index contributed by atoms with van der Waals surface area (Å²) in [6, 6.07) is 7.60. The smallest absolute Gasteiger partial charge is 0.116 e. The van der Waals surface area contributed by atoms with E-state index in [4.69, 9.17) is 11.6 Å². The van der Waals surface area contributed by atoms with Gasteiger partial charge in [-0.15, -0.1) is 0 Å². The van der Waals surface area contributed by atoms with Crippen molar-refractivity contribution >= 4 is 11.6 Å². The van der Waals surface area contributed by atoms with Crippen LogP contribution in [0.5, 0.6) is 0 Å². The van der Waals surface area contributed by atoms with Gasteiger partial charge in [0.15, 0.2) is 0 Å². The van der Waals surface area contributed by atoms with Crippen LogP contribution in [0.1, 0.15) is 0 Å². The molecular formula is C13H9ClN4. The van der Waals surface area contributed by atoms with Gasteiger partial charge in [0.25, 0.3) is 0 Å². The third-order valence-corrected chi connectivity index (χ3v) is 2.96. The molecule has 3 rings (SSSR count). The maximum absolute atomic E-state index is 6.21. The fraction of sp³-hybridized carbons (Fsp3) is 0. The van der Waals surface area contributed by atoms with Gasteiger partial charge in [0, 0.05) is 22.3 Å². The van der Waals surface area contributed by atoms with Crippen molar-refractivity contribution in [1.82, 2.24) is 19.9 Å². The van der Waals surface area contributed by atoms with Crippen LogP contribution in [0.3, 0.4) is 0 Å². The Hall–Kier alpha value is -2.20. The number of aromatic amines is 1. The molecule has 0 aliphatic carbocycles. The van der Waals surface area contributed by atoms with E-state index < -0.39 is 0 Å². The summed E-state index contributed by atoms with van der Waals surface area (Å²) in [6.07, 6.45) is 6.62. The molecule has 18 heavy (non-hydrogen) atoms. The molecular weight excluding hydrogens is 248 g/mol. The molecule has 0 amide bonds. The van der Waals surface area contributed by atoms with E-state index >= 15 is 0 Å². The van der Waals surface area contributed by atoms with Gasteiger partial charge in [-0.25, -0.2) is 15.0 Å². The number of imidazole rings is 1. The number of hydrogen-bond acceptors (Lipinski definition) is 3. The van der Waals surface area contributed by atoms with Crippen molar-refractivity contribution in [2.75, 3.05) is 0 Å². The maximum atomic E-state index is 6.21. The van der Waals surface area contributed by atoms with Gasteiger partial charge in [-0.3, -0.25) is 0 Å². The zero-order chi connectivity index (χ0) is 12.4. The number of nitrogens with zero attached hydrogens (tertiary/aromatic N) is 3. The fourth-order valence-electron chi connectivity index (χ4n) is 1.80. The summed E-state index contributed by atoms with van der Waals surface area (Å²) in [7, 11) is 0. The third-order valence-electron chi connectivity index (χ3n) is 2.63. The Morgan fingerprint density at radius 1 is 1.00 bits per heavy atom. The van der Waals surface area contributed by atoms with E-state index in [0.29, 0.717) is 5.02 Å². The number of aromatic nitrogens is 4. The number of rotatable bonds is 2. The third kappa shape index (κ3) is 1.87. The Kier molecular flexibility index (Phi) is 2.78. The minimum atomic E-state index is 0.664. The molecule has 0 fully saturated rings. The number of nitrogens with one attached hydrogen (secondary N) is 1. The summed E-state index contributed by atoms with van der Waals surface area (Å²) >= 11 is 6.21. The lowest BCUT2D eigenvalue weighted by atomic mass is 10.1. The molecule has 0 saturated carbocycles. The van der Waals surface area contributed by atoms with E-state index in [1.165, 1.54) is 6.33 Å². The summed E-state index contributed by atoms with van der Waals surface area (Å²) in [4.78, 5) is 15.4. The average Bonchev–Trinajstić information content (AvgIpc) is 2.93.